The SMILES string of the molecule is COc1ccccc1C(CNC(=O)c1ccc2c(c1)C(=O)N(CC1CCCO1)C2=O)N1CCCCC1. The number of fused-ring (bicyclic) bond motifs is 1. The predicted molar refractivity (Wildman–Crippen MR) is 134 cm³/mol. The highest BCUT2D eigenvalue weighted by Gasteiger charge is 2.38. The number of hydrogen-bond donors (Lipinski definition) is 1. The molecule has 2 atom stereocenters. The lowest BCUT2D eigenvalue weighted by molar-refractivity contribution is 0.0475. The van der Waals surface area contributed by atoms with E-state index in [0.29, 0.717) is 24.3 Å². The number of methoxy groups -OCH3 is 1. The number of carbonyl (C=O) groups excluding carboxylic acids is 3. The van der Waals surface area contributed by atoms with Gasteiger partial charge < -0.3 is 14.8 Å². The molecule has 2 saturated heterocycles. The van der Waals surface area contributed by atoms with Crippen LogP contribution >= 0.6 is 0 Å². The fraction of sp³-hybridized carbons (Fsp3) is 0.464. The summed E-state index contributed by atoms with van der Waals surface area (Å²) < 4.78 is 11.2. The van der Waals surface area contributed by atoms with Crippen LogP contribution in [0, 0.1) is 0 Å². The molecular formula is C28H33N3O5. The van der Waals surface area contributed by atoms with E-state index in [1.165, 1.54) is 11.3 Å². The summed E-state index contributed by atoms with van der Waals surface area (Å²) in [4.78, 5) is 42.6. The molecule has 36 heavy (non-hydrogen) atoms. The van der Waals surface area contributed by atoms with Gasteiger partial charge in [-0.2, -0.15) is 0 Å². The first-order chi connectivity index (χ1) is 17.6. The lowest BCUT2D eigenvalue weighted by Gasteiger charge is -2.35. The monoisotopic (exact) mass is 491 g/mol. The number of likely N-dealkylation sites (tertiary alicyclic amines) is 1. The first-order valence-electron chi connectivity index (χ1n) is 12.8. The van der Waals surface area contributed by atoms with Crippen molar-refractivity contribution in [3.8, 4) is 5.75 Å². The summed E-state index contributed by atoms with van der Waals surface area (Å²) in [7, 11) is 1.66. The molecule has 2 fully saturated rings. The average Bonchev–Trinajstić information content (AvgIpc) is 3.52. The first-order valence-corrected chi connectivity index (χ1v) is 12.8. The molecule has 0 spiro atoms. The zero-order valence-corrected chi connectivity index (χ0v) is 20.7. The van der Waals surface area contributed by atoms with Gasteiger partial charge in [0.1, 0.15) is 5.75 Å². The van der Waals surface area contributed by atoms with Gasteiger partial charge in [-0.3, -0.25) is 24.2 Å². The molecule has 0 aliphatic carbocycles. The van der Waals surface area contributed by atoms with E-state index in [2.05, 4.69) is 10.2 Å². The Hall–Kier alpha value is -3.23. The predicted octanol–water partition coefficient (Wildman–Crippen LogP) is 3.43. The van der Waals surface area contributed by atoms with Gasteiger partial charge in [-0.25, -0.2) is 0 Å². The van der Waals surface area contributed by atoms with Crippen molar-refractivity contribution in [3.05, 3.63) is 64.7 Å². The molecular weight excluding hydrogens is 458 g/mol. The summed E-state index contributed by atoms with van der Waals surface area (Å²) in [5, 5.41) is 3.07. The number of imide groups is 1. The molecule has 3 aliphatic rings. The second kappa shape index (κ2) is 10.8. The Labute approximate surface area is 211 Å². The van der Waals surface area contributed by atoms with Crippen LogP contribution in [-0.4, -0.2) is 73.5 Å². The van der Waals surface area contributed by atoms with Gasteiger partial charge in [-0.05, 0) is 63.0 Å². The molecule has 3 amide bonds. The number of nitrogens with zero attached hydrogens (tertiary/aromatic N) is 2. The van der Waals surface area contributed by atoms with Crippen LogP contribution in [-0.2, 0) is 4.74 Å². The topological polar surface area (TPSA) is 88.2 Å². The van der Waals surface area contributed by atoms with Gasteiger partial charge in [0.2, 0.25) is 0 Å². The van der Waals surface area contributed by atoms with Gasteiger partial charge in [-0.1, -0.05) is 24.6 Å². The van der Waals surface area contributed by atoms with Gasteiger partial charge in [0, 0.05) is 24.3 Å². The Kier molecular flexibility index (Phi) is 7.34. The van der Waals surface area contributed by atoms with E-state index in [0.717, 1.165) is 50.1 Å². The van der Waals surface area contributed by atoms with Crippen LogP contribution in [0.2, 0.25) is 0 Å². The zero-order chi connectivity index (χ0) is 25.1. The Morgan fingerprint density at radius 3 is 2.58 bits per heavy atom. The third kappa shape index (κ3) is 4.88. The molecule has 5 rings (SSSR count). The Bertz CT molecular complexity index is 1140. The second-order valence-electron chi connectivity index (χ2n) is 9.68. The number of piperidine rings is 1. The van der Waals surface area contributed by atoms with Crippen molar-refractivity contribution in [3.63, 3.8) is 0 Å². The van der Waals surface area contributed by atoms with Crippen molar-refractivity contribution in [2.45, 2.75) is 44.2 Å². The highest BCUT2D eigenvalue weighted by Crippen LogP contribution is 2.31. The molecule has 2 unspecified atom stereocenters. The van der Waals surface area contributed by atoms with Crippen molar-refractivity contribution >= 4 is 17.7 Å². The fourth-order valence-electron chi connectivity index (χ4n) is 5.49. The van der Waals surface area contributed by atoms with E-state index in [-0.39, 0.29) is 42.0 Å². The molecule has 0 radical (unpaired) electrons. The number of rotatable bonds is 8. The maximum atomic E-state index is 13.2. The van der Waals surface area contributed by atoms with Crippen LogP contribution in [0.5, 0.6) is 5.75 Å². The molecule has 2 aromatic carbocycles. The van der Waals surface area contributed by atoms with Gasteiger partial charge in [-0.15, -0.1) is 0 Å². The second-order valence-corrected chi connectivity index (χ2v) is 9.68. The van der Waals surface area contributed by atoms with Crippen LogP contribution < -0.4 is 10.1 Å². The number of amides is 3. The normalized spacial score (nSPS) is 20.9. The van der Waals surface area contributed by atoms with E-state index in [9.17, 15) is 14.4 Å². The summed E-state index contributed by atoms with van der Waals surface area (Å²) >= 11 is 0. The van der Waals surface area contributed by atoms with Crippen LogP contribution in [0.25, 0.3) is 0 Å². The van der Waals surface area contributed by atoms with Gasteiger partial charge in [0.25, 0.3) is 17.7 Å². The van der Waals surface area contributed by atoms with Crippen molar-refractivity contribution < 1.29 is 23.9 Å². The minimum atomic E-state index is -0.361. The molecule has 0 bridgehead atoms. The largest absolute Gasteiger partial charge is 0.496 e. The van der Waals surface area contributed by atoms with Crippen molar-refractivity contribution in [2.75, 3.05) is 39.9 Å². The van der Waals surface area contributed by atoms with E-state index in [4.69, 9.17) is 9.47 Å². The Morgan fingerprint density at radius 1 is 1.06 bits per heavy atom. The summed E-state index contributed by atoms with van der Waals surface area (Å²) in [6.07, 6.45) is 5.13. The van der Waals surface area contributed by atoms with Crippen molar-refractivity contribution in [1.82, 2.24) is 15.1 Å². The highest BCUT2D eigenvalue weighted by atomic mass is 16.5. The number of ether oxygens (including phenoxy) is 2. The number of para-hydroxylation sites is 1. The lowest BCUT2D eigenvalue weighted by atomic mass is 10.00. The standard InChI is InChI=1S/C28H33N3O5/c1-35-25-10-4-3-9-22(25)24(30-13-5-2-6-14-30)17-29-26(32)19-11-12-21-23(16-19)28(34)31(27(21)33)18-20-8-7-15-36-20/h3-4,9-12,16,20,24H,2,5-8,13-15,17-18H2,1H3,(H,29,32). The van der Waals surface area contributed by atoms with E-state index < -0.39 is 0 Å². The number of hydrogen-bond acceptors (Lipinski definition) is 6. The number of nitrogens with one attached hydrogen (secondary N) is 1. The minimum Gasteiger partial charge on any atom is -0.496 e. The molecule has 1 N–H and O–H groups in total. The average molecular weight is 492 g/mol. The maximum absolute atomic E-state index is 13.2. The van der Waals surface area contributed by atoms with Gasteiger partial charge >= 0.3 is 0 Å². The van der Waals surface area contributed by atoms with Crippen LogP contribution in [0.1, 0.15) is 74.8 Å². The maximum Gasteiger partial charge on any atom is 0.261 e. The molecule has 3 aliphatic heterocycles. The molecule has 8 nitrogen and oxygen atoms in total. The van der Waals surface area contributed by atoms with E-state index in [1.54, 1.807) is 25.3 Å². The fourth-order valence-corrected chi connectivity index (χ4v) is 5.49. The third-order valence-corrected chi connectivity index (χ3v) is 7.43. The summed E-state index contributed by atoms with van der Waals surface area (Å²) in [5.74, 6) is -0.151. The number of carbonyl (C=O) groups is 3. The third-order valence-electron chi connectivity index (χ3n) is 7.43. The minimum absolute atomic E-state index is 0.0232. The molecule has 3 heterocycles. The Balaban J connectivity index is 1.31. The molecule has 8 heteroatoms. The molecule has 0 saturated carbocycles. The van der Waals surface area contributed by atoms with Crippen LogP contribution in [0.3, 0.4) is 0 Å². The van der Waals surface area contributed by atoms with Crippen LogP contribution in [0.4, 0.5) is 0 Å². The van der Waals surface area contributed by atoms with Crippen molar-refractivity contribution in [2.24, 2.45) is 0 Å². The summed E-state index contributed by atoms with van der Waals surface area (Å²) in [5.41, 5.74) is 2.03. The van der Waals surface area contributed by atoms with E-state index >= 15 is 0 Å². The summed E-state index contributed by atoms with van der Waals surface area (Å²) in [6.45, 7) is 3.26. The highest BCUT2D eigenvalue weighted by molar-refractivity contribution is 6.22. The molecule has 2 aromatic rings. The van der Waals surface area contributed by atoms with Crippen LogP contribution in [0.15, 0.2) is 42.5 Å². The Morgan fingerprint density at radius 2 is 1.83 bits per heavy atom. The first kappa shape index (κ1) is 24.5. The van der Waals surface area contributed by atoms with E-state index in [1.807, 2.05) is 24.3 Å². The quantitative estimate of drug-likeness (QED) is 0.570. The van der Waals surface area contributed by atoms with Gasteiger partial charge in [0.05, 0.1) is 36.9 Å². The molecule has 0 aromatic heterocycles. The number of benzene rings is 2. The van der Waals surface area contributed by atoms with Gasteiger partial charge in [0.15, 0.2) is 0 Å². The zero-order valence-electron chi connectivity index (χ0n) is 20.7. The molecule has 190 valence electrons. The van der Waals surface area contributed by atoms with Crippen molar-refractivity contribution in [1.29, 1.82) is 0 Å². The lowest BCUT2D eigenvalue weighted by Crippen LogP contribution is -2.40. The summed E-state index contributed by atoms with van der Waals surface area (Å²) in [6, 6.07) is 12.6. The smallest absolute Gasteiger partial charge is 0.261 e.